The molecule has 0 N–H and O–H groups in total. The van der Waals surface area contributed by atoms with E-state index >= 15 is 0 Å². The van der Waals surface area contributed by atoms with Gasteiger partial charge in [-0.3, -0.25) is 0 Å². The molecule has 0 radical (unpaired) electrons. The van der Waals surface area contributed by atoms with Gasteiger partial charge in [-0.05, 0) is 0 Å². The second-order valence-electron chi connectivity index (χ2n) is 1.91. The van der Waals surface area contributed by atoms with Crippen LogP contribution < -0.4 is 0 Å². The molecule has 2 heterocycles. The van der Waals surface area contributed by atoms with Crippen LogP contribution in [-0.4, -0.2) is 24.7 Å². The fraction of sp³-hybridized carbons (Fsp3) is 0. The van der Waals surface area contributed by atoms with Gasteiger partial charge < -0.3 is 0 Å². The smallest absolute Gasteiger partial charge is 0.158 e. The maximum atomic E-state index is 3.97. The Morgan fingerprint density at radius 2 is 2.18 bits per heavy atom. The quantitative estimate of drug-likeness (QED) is 0.572. The zero-order valence-corrected chi connectivity index (χ0v) is 5.62. The van der Waals surface area contributed by atoms with Gasteiger partial charge >= 0.3 is 0 Å². The zero-order chi connectivity index (χ0) is 7.52. The predicted molar refractivity (Wildman–Crippen MR) is 36.9 cm³/mol. The molecule has 0 saturated heterocycles. The third kappa shape index (κ3) is 1.07. The summed E-state index contributed by atoms with van der Waals surface area (Å²) in [7, 11) is 0. The van der Waals surface area contributed by atoms with Crippen molar-refractivity contribution in [3.8, 4) is 5.82 Å². The van der Waals surface area contributed by atoms with Gasteiger partial charge in [0.2, 0.25) is 0 Å². The van der Waals surface area contributed by atoms with Gasteiger partial charge in [0, 0.05) is 12.3 Å². The Bertz CT molecular complexity index is 314. The van der Waals surface area contributed by atoms with Gasteiger partial charge in [0.1, 0.15) is 19.0 Å². The molecular formula is C6H5N5. The topological polar surface area (TPSA) is 56.5 Å². The minimum atomic E-state index is 0.720. The number of aromatic nitrogens is 5. The van der Waals surface area contributed by atoms with Crippen molar-refractivity contribution in [1.29, 1.82) is 0 Å². The molecule has 2 aromatic rings. The summed E-state index contributed by atoms with van der Waals surface area (Å²) in [6, 6.07) is 1.76. The number of nitrogens with zero attached hydrogens (tertiary/aromatic N) is 5. The highest BCUT2D eigenvalue weighted by molar-refractivity contribution is 5.15. The van der Waals surface area contributed by atoms with Gasteiger partial charge in [-0.25, -0.2) is 19.6 Å². The van der Waals surface area contributed by atoms with Crippen LogP contribution in [-0.2, 0) is 0 Å². The van der Waals surface area contributed by atoms with Crippen molar-refractivity contribution in [3.05, 3.63) is 31.2 Å². The Morgan fingerprint density at radius 1 is 1.18 bits per heavy atom. The van der Waals surface area contributed by atoms with E-state index in [0.717, 1.165) is 5.82 Å². The summed E-state index contributed by atoms with van der Waals surface area (Å²) < 4.78 is 1.57. The molecular weight excluding hydrogens is 142 g/mol. The first-order valence-corrected chi connectivity index (χ1v) is 3.08. The lowest BCUT2D eigenvalue weighted by Gasteiger charge is -1.94. The van der Waals surface area contributed by atoms with Crippen molar-refractivity contribution in [2.75, 3.05) is 0 Å². The molecule has 0 saturated carbocycles. The van der Waals surface area contributed by atoms with Crippen LogP contribution in [0, 0.1) is 0 Å². The Hall–Kier alpha value is -1.78. The lowest BCUT2D eigenvalue weighted by atomic mass is 10.6. The first-order chi connectivity index (χ1) is 5.47. The van der Waals surface area contributed by atoms with Gasteiger partial charge in [-0.15, -0.1) is 0 Å². The van der Waals surface area contributed by atoms with E-state index in [1.54, 1.807) is 23.3 Å². The first-order valence-electron chi connectivity index (χ1n) is 3.08. The molecule has 0 fully saturated rings. The molecule has 0 unspecified atom stereocenters. The fourth-order valence-corrected chi connectivity index (χ4v) is 0.746. The molecule has 2 rings (SSSR count). The SMILES string of the molecule is c1cc(-n2cncn2)ncn1. The lowest BCUT2D eigenvalue weighted by molar-refractivity contribution is 0.838. The number of hydrogen-bond acceptors (Lipinski definition) is 4. The third-order valence-corrected chi connectivity index (χ3v) is 1.22. The van der Waals surface area contributed by atoms with Gasteiger partial charge in [0.05, 0.1) is 0 Å². The molecule has 0 amide bonds. The fourth-order valence-electron chi connectivity index (χ4n) is 0.746. The monoisotopic (exact) mass is 147 g/mol. The Labute approximate surface area is 62.8 Å². The van der Waals surface area contributed by atoms with Gasteiger partial charge in [-0.2, -0.15) is 5.10 Å². The second-order valence-corrected chi connectivity index (χ2v) is 1.91. The highest BCUT2D eigenvalue weighted by Crippen LogP contribution is 1.95. The normalized spacial score (nSPS) is 9.82. The van der Waals surface area contributed by atoms with E-state index < -0.39 is 0 Å². The Morgan fingerprint density at radius 3 is 2.82 bits per heavy atom. The van der Waals surface area contributed by atoms with Crippen molar-refractivity contribution in [2.24, 2.45) is 0 Å². The standard InChI is InChI=1S/C6H5N5/c1-2-7-3-9-6(1)11-5-8-4-10-11/h1-5H. The summed E-state index contributed by atoms with van der Waals surface area (Å²) in [4.78, 5) is 11.5. The van der Waals surface area contributed by atoms with Crippen molar-refractivity contribution in [3.63, 3.8) is 0 Å². The van der Waals surface area contributed by atoms with Gasteiger partial charge in [0.25, 0.3) is 0 Å². The summed E-state index contributed by atoms with van der Waals surface area (Å²) >= 11 is 0. The molecule has 2 aromatic heterocycles. The van der Waals surface area contributed by atoms with E-state index in [-0.39, 0.29) is 0 Å². The summed E-state index contributed by atoms with van der Waals surface area (Å²) in [5.74, 6) is 0.720. The van der Waals surface area contributed by atoms with Crippen LogP contribution in [0.4, 0.5) is 0 Å². The predicted octanol–water partition coefficient (Wildman–Crippen LogP) is 0.0573. The van der Waals surface area contributed by atoms with E-state index in [4.69, 9.17) is 0 Å². The van der Waals surface area contributed by atoms with Crippen LogP contribution in [0.1, 0.15) is 0 Å². The minimum Gasteiger partial charge on any atom is -0.245 e. The molecule has 5 nitrogen and oxygen atoms in total. The molecule has 54 valence electrons. The summed E-state index contributed by atoms with van der Waals surface area (Å²) in [5, 5.41) is 3.90. The molecule has 0 spiro atoms. The second kappa shape index (κ2) is 2.45. The van der Waals surface area contributed by atoms with Crippen LogP contribution in [0.3, 0.4) is 0 Å². The van der Waals surface area contributed by atoms with Crippen molar-refractivity contribution < 1.29 is 0 Å². The maximum Gasteiger partial charge on any atom is 0.158 e. The number of rotatable bonds is 1. The summed E-state index contributed by atoms with van der Waals surface area (Å²) in [6.45, 7) is 0. The molecule has 0 aliphatic rings. The van der Waals surface area contributed by atoms with E-state index in [9.17, 15) is 0 Å². The Kier molecular flexibility index (Phi) is 1.33. The van der Waals surface area contributed by atoms with Crippen molar-refractivity contribution in [1.82, 2.24) is 24.7 Å². The van der Waals surface area contributed by atoms with E-state index in [1.807, 2.05) is 0 Å². The van der Waals surface area contributed by atoms with Crippen LogP contribution >= 0.6 is 0 Å². The average molecular weight is 147 g/mol. The molecule has 0 atom stereocenters. The van der Waals surface area contributed by atoms with E-state index in [0.29, 0.717) is 0 Å². The molecule has 11 heavy (non-hydrogen) atoms. The summed E-state index contributed by atoms with van der Waals surface area (Å²) in [5.41, 5.74) is 0. The zero-order valence-electron chi connectivity index (χ0n) is 5.62. The summed E-state index contributed by atoms with van der Waals surface area (Å²) in [6.07, 6.45) is 6.17. The van der Waals surface area contributed by atoms with Crippen molar-refractivity contribution >= 4 is 0 Å². The molecule has 5 heteroatoms. The minimum absolute atomic E-state index is 0.720. The van der Waals surface area contributed by atoms with Crippen LogP contribution in [0.15, 0.2) is 31.2 Å². The van der Waals surface area contributed by atoms with Crippen LogP contribution in [0.2, 0.25) is 0 Å². The van der Waals surface area contributed by atoms with Crippen molar-refractivity contribution in [2.45, 2.75) is 0 Å². The maximum absolute atomic E-state index is 3.97. The number of hydrogen-bond donors (Lipinski definition) is 0. The van der Waals surface area contributed by atoms with Gasteiger partial charge in [0.15, 0.2) is 5.82 Å². The lowest BCUT2D eigenvalue weighted by Crippen LogP contribution is -1.96. The highest BCUT2D eigenvalue weighted by atomic mass is 15.3. The van der Waals surface area contributed by atoms with Crippen LogP contribution in [0.5, 0.6) is 0 Å². The average Bonchev–Trinajstić information content (AvgIpc) is 2.58. The largest absolute Gasteiger partial charge is 0.245 e. The van der Waals surface area contributed by atoms with Crippen LogP contribution in [0.25, 0.3) is 5.82 Å². The molecule has 0 aromatic carbocycles. The van der Waals surface area contributed by atoms with Gasteiger partial charge in [-0.1, -0.05) is 0 Å². The molecule has 0 bridgehead atoms. The first kappa shape index (κ1) is 5.96. The third-order valence-electron chi connectivity index (χ3n) is 1.22. The highest BCUT2D eigenvalue weighted by Gasteiger charge is 1.93. The Balaban J connectivity index is 2.46. The molecule has 0 aliphatic heterocycles. The molecule has 0 aliphatic carbocycles. The van der Waals surface area contributed by atoms with E-state index in [1.165, 1.54) is 12.7 Å². The van der Waals surface area contributed by atoms with E-state index in [2.05, 4.69) is 20.1 Å².